The van der Waals surface area contributed by atoms with Gasteiger partial charge in [-0.1, -0.05) is 94.8 Å². The highest BCUT2D eigenvalue weighted by Gasteiger charge is 2.15. The molecule has 0 N–H and O–H groups in total. The van der Waals surface area contributed by atoms with Crippen molar-refractivity contribution in [2.24, 2.45) is 0 Å². The van der Waals surface area contributed by atoms with E-state index >= 15 is 0 Å². The van der Waals surface area contributed by atoms with Gasteiger partial charge in [-0.3, -0.25) is 0 Å². The van der Waals surface area contributed by atoms with Gasteiger partial charge < -0.3 is 4.42 Å². The van der Waals surface area contributed by atoms with Gasteiger partial charge in [0.1, 0.15) is 11.2 Å². The van der Waals surface area contributed by atoms with Crippen molar-refractivity contribution in [3.63, 3.8) is 0 Å². The first-order valence-electron chi connectivity index (χ1n) is 11.4. The van der Waals surface area contributed by atoms with Crippen LogP contribution >= 0.6 is 15.9 Å². The van der Waals surface area contributed by atoms with Gasteiger partial charge in [-0.05, 0) is 80.2 Å². The number of rotatable bonds is 2. The number of halogens is 1. The van der Waals surface area contributed by atoms with Crippen LogP contribution in [0.4, 0.5) is 0 Å². The van der Waals surface area contributed by atoms with Gasteiger partial charge in [0.2, 0.25) is 0 Å². The summed E-state index contributed by atoms with van der Waals surface area (Å²) in [4.78, 5) is 0. The highest BCUT2D eigenvalue weighted by molar-refractivity contribution is 9.10. The third-order valence-corrected chi connectivity index (χ3v) is 7.38. The quantitative estimate of drug-likeness (QED) is 0.216. The normalized spacial score (nSPS) is 11.7. The topological polar surface area (TPSA) is 13.1 Å². The fourth-order valence-electron chi connectivity index (χ4n) is 5.10. The zero-order valence-corrected chi connectivity index (χ0v) is 19.8. The third-order valence-electron chi connectivity index (χ3n) is 6.72. The van der Waals surface area contributed by atoms with Crippen molar-refractivity contribution in [2.75, 3.05) is 0 Å². The maximum absolute atomic E-state index is 6.14. The molecular weight excluding hydrogens is 480 g/mol. The fraction of sp³-hybridized carbons (Fsp3) is 0. The number of fused-ring (bicyclic) bond motifs is 6. The molecule has 34 heavy (non-hydrogen) atoms. The molecule has 160 valence electrons. The van der Waals surface area contributed by atoms with E-state index < -0.39 is 0 Å². The molecule has 0 fully saturated rings. The Morgan fingerprint density at radius 3 is 2.18 bits per heavy atom. The van der Waals surface area contributed by atoms with E-state index in [1.807, 2.05) is 12.1 Å². The first-order chi connectivity index (χ1) is 16.8. The molecule has 1 aromatic heterocycles. The number of hydrogen-bond acceptors (Lipinski definition) is 1. The summed E-state index contributed by atoms with van der Waals surface area (Å²) in [5.41, 5.74) is 6.64. The molecule has 0 aliphatic rings. The highest BCUT2D eigenvalue weighted by Crippen LogP contribution is 2.41. The van der Waals surface area contributed by atoms with Crippen LogP contribution in [0, 0.1) is 0 Å². The van der Waals surface area contributed by atoms with Gasteiger partial charge in [0.05, 0.1) is 0 Å². The minimum Gasteiger partial charge on any atom is -0.456 e. The van der Waals surface area contributed by atoms with Gasteiger partial charge in [0.25, 0.3) is 0 Å². The van der Waals surface area contributed by atoms with Crippen molar-refractivity contribution in [3.8, 4) is 22.3 Å². The molecule has 0 spiro atoms. The van der Waals surface area contributed by atoms with Crippen LogP contribution in [0.5, 0.6) is 0 Å². The van der Waals surface area contributed by atoms with Crippen LogP contribution < -0.4 is 0 Å². The lowest BCUT2D eigenvalue weighted by atomic mass is 9.89. The molecule has 0 radical (unpaired) electrons. The summed E-state index contributed by atoms with van der Waals surface area (Å²) < 4.78 is 7.19. The Hall–Kier alpha value is -3.88. The van der Waals surface area contributed by atoms with Crippen LogP contribution in [0.3, 0.4) is 0 Å². The molecule has 0 aliphatic carbocycles. The number of benzene rings is 6. The predicted octanol–water partition coefficient (Wildman–Crippen LogP) is 9.99. The van der Waals surface area contributed by atoms with Crippen molar-refractivity contribution >= 4 is 59.4 Å². The Morgan fingerprint density at radius 1 is 0.471 bits per heavy atom. The largest absolute Gasteiger partial charge is 0.456 e. The van der Waals surface area contributed by atoms with Gasteiger partial charge in [-0.2, -0.15) is 0 Å². The van der Waals surface area contributed by atoms with E-state index in [-0.39, 0.29) is 0 Å². The summed E-state index contributed by atoms with van der Waals surface area (Å²) in [5.74, 6) is 0. The Kier molecular flexibility index (Phi) is 4.36. The minimum atomic E-state index is 0.898. The third kappa shape index (κ3) is 2.99. The smallest absolute Gasteiger partial charge is 0.136 e. The van der Waals surface area contributed by atoms with Crippen LogP contribution in [-0.4, -0.2) is 0 Å². The lowest BCUT2D eigenvalue weighted by Crippen LogP contribution is -1.88. The van der Waals surface area contributed by atoms with Crippen LogP contribution in [0.15, 0.2) is 124 Å². The van der Waals surface area contributed by atoms with Gasteiger partial charge >= 0.3 is 0 Å². The molecule has 0 unspecified atom stereocenters. The molecule has 0 saturated carbocycles. The van der Waals surface area contributed by atoms with E-state index in [4.69, 9.17) is 4.42 Å². The molecule has 2 heteroatoms. The monoisotopic (exact) mass is 498 g/mol. The summed E-state index contributed by atoms with van der Waals surface area (Å²) in [6.45, 7) is 0. The Bertz CT molecular complexity index is 1860. The van der Waals surface area contributed by atoms with E-state index in [1.165, 1.54) is 43.8 Å². The van der Waals surface area contributed by atoms with E-state index in [0.717, 1.165) is 26.4 Å². The lowest BCUT2D eigenvalue weighted by Gasteiger charge is -2.14. The van der Waals surface area contributed by atoms with E-state index in [0.29, 0.717) is 0 Å². The average molecular weight is 499 g/mol. The summed E-state index contributed by atoms with van der Waals surface area (Å²) in [6.07, 6.45) is 0. The Balaban J connectivity index is 1.58. The van der Waals surface area contributed by atoms with Gasteiger partial charge in [0, 0.05) is 15.2 Å². The highest BCUT2D eigenvalue weighted by atomic mass is 79.9. The summed E-state index contributed by atoms with van der Waals surface area (Å²) in [5, 5.41) is 7.29. The molecular formula is C32H19BrO. The van der Waals surface area contributed by atoms with E-state index in [2.05, 4.69) is 119 Å². The Labute approximate surface area is 205 Å². The lowest BCUT2D eigenvalue weighted by molar-refractivity contribution is 0.669. The first kappa shape index (κ1) is 19.6. The van der Waals surface area contributed by atoms with Crippen molar-refractivity contribution in [1.82, 2.24) is 0 Å². The van der Waals surface area contributed by atoms with Gasteiger partial charge in [-0.15, -0.1) is 0 Å². The fourth-order valence-corrected chi connectivity index (χ4v) is 5.66. The molecule has 6 aromatic carbocycles. The van der Waals surface area contributed by atoms with Crippen LogP contribution in [0.1, 0.15) is 0 Å². The molecule has 0 aliphatic heterocycles. The van der Waals surface area contributed by atoms with Crippen molar-refractivity contribution in [3.05, 3.63) is 120 Å². The van der Waals surface area contributed by atoms with Crippen LogP contribution in [0.2, 0.25) is 0 Å². The molecule has 1 nitrogen and oxygen atoms in total. The minimum absolute atomic E-state index is 0.898. The number of hydrogen-bond donors (Lipinski definition) is 0. The summed E-state index contributed by atoms with van der Waals surface area (Å²) >= 11 is 3.73. The second-order valence-electron chi connectivity index (χ2n) is 8.70. The molecule has 0 amide bonds. The summed E-state index contributed by atoms with van der Waals surface area (Å²) in [6, 6.07) is 41.1. The molecule has 0 bridgehead atoms. The van der Waals surface area contributed by atoms with Gasteiger partial charge in [-0.25, -0.2) is 0 Å². The van der Waals surface area contributed by atoms with Crippen LogP contribution in [-0.2, 0) is 0 Å². The molecule has 1 heterocycles. The van der Waals surface area contributed by atoms with Crippen molar-refractivity contribution in [2.45, 2.75) is 0 Å². The molecule has 7 rings (SSSR count). The molecule has 0 atom stereocenters. The zero-order valence-electron chi connectivity index (χ0n) is 18.3. The summed E-state index contributed by atoms with van der Waals surface area (Å²) in [7, 11) is 0. The first-order valence-corrected chi connectivity index (χ1v) is 12.2. The second kappa shape index (κ2) is 7.58. The SMILES string of the molecule is Brc1cccc2oc3ccc(-c4cc5c(ccc6ccccc65)cc4-c4ccccc4)cc3c12. The Morgan fingerprint density at radius 2 is 1.26 bits per heavy atom. The van der Waals surface area contributed by atoms with Crippen molar-refractivity contribution in [1.29, 1.82) is 0 Å². The second-order valence-corrected chi connectivity index (χ2v) is 9.55. The maximum Gasteiger partial charge on any atom is 0.136 e. The van der Waals surface area contributed by atoms with Crippen molar-refractivity contribution < 1.29 is 4.42 Å². The van der Waals surface area contributed by atoms with Crippen LogP contribution in [0.25, 0.3) is 65.7 Å². The number of furan rings is 1. The zero-order chi connectivity index (χ0) is 22.6. The van der Waals surface area contributed by atoms with Gasteiger partial charge in [0.15, 0.2) is 0 Å². The maximum atomic E-state index is 6.14. The molecule has 7 aromatic rings. The molecule has 0 saturated heterocycles. The van der Waals surface area contributed by atoms with E-state index in [1.54, 1.807) is 0 Å². The predicted molar refractivity (Wildman–Crippen MR) is 147 cm³/mol. The average Bonchev–Trinajstić information content (AvgIpc) is 3.27. The van der Waals surface area contributed by atoms with E-state index in [9.17, 15) is 0 Å². The standard InChI is InChI=1S/C32H19BrO/c33-29-11-6-12-31-32(29)28-18-23(15-16-30(28)34-31)27-19-26-22(14-13-21-9-4-5-10-24(21)26)17-25(27)20-7-2-1-3-8-20/h1-19H.